The van der Waals surface area contributed by atoms with E-state index in [1.54, 1.807) is 0 Å². The first kappa shape index (κ1) is 26.1. The molecule has 2 atom stereocenters. The third-order valence-corrected chi connectivity index (χ3v) is 6.64. The maximum atomic E-state index is 13.3. The second-order valence-corrected chi connectivity index (χ2v) is 9.23. The molecular weight excluding hydrogens is 434 g/mol. The number of rotatable bonds is 14. The zero-order chi connectivity index (χ0) is 23.6. The fourth-order valence-electron chi connectivity index (χ4n) is 4.60. The summed E-state index contributed by atoms with van der Waals surface area (Å²) in [7, 11) is 1.53. The fourth-order valence-corrected chi connectivity index (χ4v) is 4.72. The number of hydrogen-bond donors (Lipinski definition) is 3. The Kier molecular flexibility index (Phi) is 10.5. The molecule has 0 unspecified atom stereocenters. The summed E-state index contributed by atoms with van der Waals surface area (Å²) in [5.41, 5.74) is 0.341. The number of benzene rings is 1. The van der Waals surface area contributed by atoms with Crippen molar-refractivity contribution in [3.05, 3.63) is 34.9 Å². The molecular formula is C24H34ClNO6. The van der Waals surface area contributed by atoms with Gasteiger partial charge >= 0.3 is 11.9 Å². The minimum absolute atomic E-state index is 0.158. The summed E-state index contributed by atoms with van der Waals surface area (Å²) in [5, 5.41) is 22.6. The molecule has 2 rings (SSSR count). The molecule has 8 heteroatoms. The molecule has 3 N–H and O–H groups in total. The predicted molar refractivity (Wildman–Crippen MR) is 122 cm³/mol. The Labute approximate surface area is 194 Å². The predicted octanol–water partition coefficient (Wildman–Crippen LogP) is 4.31. The van der Waals surface area contributed by atoms with Crippen LogP contribution in [0.1, 0.15) is 63.4 Å². The summed E-state index contributed by atoms with van der Waals surface area (Å²) in [4.78, 5) is 36.5. The smallest absolute Gasteiger partial charge is 0.306 e. The molecule has 1 amide bonds. The van der Waals surface area contributed by atoms with Crippen LogP contribution in [0.4, 0.5) is 0 Å². The lowest BCUT2D eigenvalue weighted by Crippen LogP contribution is -2.46. The third kappa shape index (κ3) is 8.10. The zero-order valence-electron chi connectivity index (χ0n) is 18.6. The van der Waals surface area contributed by atoms with Gasteiger partial charge in [-0.05, 0) is 62.6 Å². The molecule has 178 valence electrons. The molecule has 0 aliphatic heterocycles. The van der Waals surface area contributed by atoms with Crippen molar-refractivity contribution in [1.82, 2.24) is 5.32 Å². The largest absolute Gasteiger partial charge is 0.481 e. The lowest BCUT2D eigenvalue weighted by Gasteiger charge is -2.32. The summed E-state index contributed by atoms with van der Waals surface area (Å²) in [5.74, 6) is -2.77. The van der Waals surface area contributed by atoms with Gasteiger partial charge in [-0.25, -0.2) is 0 Å². The lowest BCUT2D eigenvalue weighted by atomic mass is 9.75. The number of hydrogen-bond acceptors (Lipinski definition) is 4. The van der Waals surface area contributed by atoms with Crippen LogP contribution in [0.3, 0.4) is 0 Å². The normalized spacial score (nSPS) is 16.9. The first-order valence-electron chi connectivity index (χ1n) is 11.2. The first-order chi connectivity index (χ1) is 15.3. The van der Waals surface area contributed by atoms with E-state index in [1.165, 1.54) is 7.11 Å². The lowest BCUT2D eigenvalue weighted by molar-refractivity contribution is -0.145. The Balaban J connectivity index is 2.03. The molecule has 1 aromatic rings. The number of carbonyl (C=O) groups excluding carboxylic acids is 1. The monoisotopic (exact) mass is 467 g/mol. The highest BCUT2D eigenvalue weighted by Crippen LogP contribution is 2.44. The minimum atomic E-state index is -0.967. The molecule has 0 spiro atoms. The number of aliphatic carboxylic acids is 2. The van der Waals surface area contributed by atoms with E-state index in [1.807, 2.05) is 24.3 Å². The molecule has 1 fully saturated rings. The van der Waals surface area contributed by atoms with E-state index >= 15 is 0 Å². The van der Waals surface area contributed by atoms with Crippen molar-refractivity contribution in [2.24, 2.45) is 11.3 Å². The Bertz CT molecular complexity index is 760. The Morgan fingerprint density at radius 3 is 2.34 bits per heavy atom. The summed E-state index contributed by atoms with van der Waals surface area (Å²) in [6.45, 7) is 0.320. The number of ether oxygens (including phenoxy) is 1. The first-order valence-corrected chi connectivity index (χ1v) is 11.6. The van der Waals surface area contributed by atoms with Gasteiger partial charge in [-0.2, -0.15) is 0 Å². The van der Waals surface area contributed by atoms with Crippen LogP contribution in [0.5, 0.6) is 0 Å². The Hall–Kier alpha value is -2.12. The summed E-state index contributed by atoms with van der Waals surface area (Å²) in [6, 6.07) is 7.02. The Morgan fingerprint density at radius 1 is 1.12 bits per heavy atom. The molecule has 1 saturated carbocycles. The van der Waals surface area contributed by atoms with Gasteiger partial charge in [0.05, 0.1) is 17.8 Å². The highest BCUT2D eigenvalue weighted by Gasteiger charge is 2.44. The van der Waals surface area contributed by atoms with Crippen LogP contribution in [0.2, 0.25) is 5.02 Å². The molecule has 0 aromatic heterocycles. The van der Waals surface area contributed by atoms with Crippen LogP contribution in [-0.4, -0.2) is 47.8 Å². The third-order valence-electron chi connectivity index (χ3n) is 6.39. The average Bonchev–Trinajstić information content (AvgIpc) is 3.22. The number of carbonyl (C=O) groups is 3. The highest BCUT2D eigenvalue weighted by molar-refractivity contribution is 6.30. The van der Waals surface area contributed by atoms with Crippen LogP contribution >= 0.6 is 11.6 Å². The van der Waals surface area contributed by atoms with Crippen LogP contribution < -0.4 is 5.32 Å². The molecule has 0 saturated heterocycles. The number of halogens is 1. The van der Waals surface area contributed by atoms with E-state index < -0.39 is 29.3 Å². The Morgan fingerprint density at radius 2 is 1.78 bits per heavy atom. The van der Waals surface area contributed by atoms with Crippen molar-refractivity contribution in [2.45, 2.75) is 70.3 Å². The summed E-state index contributed by atoms with van der Waals surface area (Å²) in [6.07, 6.45) is 5.43. The van der Waals surface area contributed by atoms with Gasteiger partial charge in [-0.3, -0.25) is 14.4 Å². The van der Waals surface area contributed by atoms with Gasteiger partial charge in [0.15, 0.2) is 0 Å². The van der Waals surface area contributed by atoms with E-state index in [0.717, 1.165) is 31.2 Å². The van der Waals surface area contributed by atoms with Crippen LogP contribution in [0.15, 0.2) is 24.3 Å². The number of carboxylic acid groups (broad SMARTS) is 2. The summed E-state index contributed by atoms with van der Waals surface area (Å²) < 4.78 is 5.04. The van der Waals surface area contributed by atoms with Crippen LogP contribution in [-0.2, 0) is 25.5 Å². The molecule has 0 radical (unpaired) electrons. The summed E-state index contributed by atoms with van der Waals surface area (Å²) >= 11 is 5.91. The standard InChI is InChI=1S/C24H34ClNO6/c1-32-14-11-18(22(29)30)16-24(12-2-3-13-24)23(31)26-20(15-21(27)28)6-4-5-17-7-9-19(25)10-8-17/h7-10,18,20H,2-6,11-16H2,1H3,(H,26,31)(H,27,28)(H,29,30)/t18-,20+/m1/s1. The van der Waals surface area contributed by atoms with Crippen LogP contribution in [0.25, 0.3) is 0 Å². The van der Waals surface area contributed by atoms with Crippen molar-refractivity contribution in [3.63, 3.8) is 0 Å². The SMILES string of the molecule is COCC[C@H](CC1(C(=O)N[C@@H](CCCc2ccc(Cl)cc2)CC(=O)O)CCCC1)C(=O)O. The van der Waals surface area contributed by atoms with E-state index in [2.05, 4.69) is 5.32 Å². The minimum Gasteiger partial charge on any atom is -0.481 e. The number of aryl methyl sites for hydroxylation is 1. The highest BCUT2D eigenvalue weighted by atomic mass is 35.5. The van der Waals surface area contributed by atoms with Crippen molar-refractivity contribution in [2.75, 3.05) is 13.7 Å². The molecule has 7 nitrogen and oxygen atoms in total. The average molecular weight is 468 g/mol. The van der Waals surface area contributed by atoms with Crippen molar-refractivity contribution in [1.29, 1.82) is 0 Å². The maximum absolute atomic E-state index is 13.3. The number of nitrogens with one attached hydrogen (secondary N) is 1. The number of carboxylic acids is 2. The van der Waals surface area contributed by atoms with Gasteiger partial charge < -0.3 is 20.3 Å². The van der Waals surface area contributed by atoms with E-state index in [-0.39, 0.29) is 18.7 Å². The second kappa shape index (κ2) is 12.8. The number of methoxy groups -OCH3 is 1. The molecule has 0 bridgehead atoms. The topological polar surface area (TPSA) is 113 Å². The van der Waals surface area contributed by atoms with E-state index in [0.29, 0.717) is 37.3 Å². The van der Waals surface area contributed by atoms with Crippen molar-refractivity contribution in [3.8, 4) is 0 Å². The second-order valence-electron chi connectivity index (χ2n) is 8.80. The van der Waals surface area contributed by atoms with Crippen LogP contribution in [0, 0.1) is 11.3 Å². The number of amides is 1. The van der Waals surface area contributed by atoms with Gasteiger partial charge in [0.1, 0.15) is 0 Å². The van der Waals surface area contributed by atoms with Crippen molar-refractivity contribution < 1.29 is 29.3 Å². The maximum Gasteiger partial charge on any atom is 0.306 e. The molecule has 32 heavy (non-hydrogen) atoms. The quantitative estimate of drug-likeness (QED) is 0.375. The fraction of sp³-hybridized carbons (Fsp3) is 0.625. The van der Waals surface area contributed by atoms with Gasteiger partial charge in [-0.15, -0.1) is 0 Å². The zero-order valence-corrected chi connectivity index (χ0v) is 19.4. The molecule has 1 aliphatic rings. The van der Waals surface area contributed by atoms with E-state index in [9.17, 15) is 24.6 Å². The van der Waals surface area contributed by atoms with E-state index in [4.69, 9.17) is 16.3 Å². The van der Waals surface area contributed by atoms with Gasteiger partial charge in [0.25, 0.3) is 0 Å². The van der Waals surface area contributed by atoms with Gasteiger partial charge in [-0.1, -0.05) is 36.6 Å². The molecule has 1 aliphatic carbocycles. The van der Waals surface area contributed by atoms with Gasteiger partial charge in [0, 0.05) is 24.8 Å². The van der Waals surface area contributed by atoms with Gasteiger partial charge in [0.2, 0.25) is 5.91 Å². The molecule has 1 aromatic carbocycles. The molecule has 0 heterocycles. The van der Waals surface area contributed by atoms with Crippen molar-refractivity contribution >= 4 is 29.4 Å².